The Bertz CT molecular complexity index is 534. The molecule has 1 nitrogen and oxygen atoms in total. The predicted molar refractivity (Wildman–Crippen MR) is 78.0 cm³/mol. The zero-order chi connectivity index (χ0) is 13.7. The van der Waals surface area contributed by atoms with Gasteiger partial charge in [0.05, 0.1) is 0 Å². The molecule has 2 aromatic carbocycles. The van der Waals surface area contributed by atoms with Gasteiger partial charge in [0.25, 0.3) is 0 Å². The molecule has 0 radical (unpaired) electrons. The lowest BCUT2D eigenvalue weighted by Gasteiger charge is -2.08. The Hall–Kier alpha value is -1.38. The van der Waals surface area contributed by atoms with Gasteiger partial charge in [-0.15, -0.1) is 0 Å². The van der Waals surface area contributed by atoms with Crippen LogP contribution in [0.2, 0.25) is 5.02 Å². The number of nitrogens with one attached hydrogen (secondary N) is 1. The van der Waals surface area contributed by atoms with Gasteiger partial charge in [-0.05, 0) is 54.8 Å². The van der Waals surface area contributed by atoms with Gasteiger partial charge >= 0.3 is 0 Å². The number of hydrogen-bond acceptors (Lipinski definition) is 1. The maximum Gasteiger partial charge on any atom is 0.125 e. The molecule has 0 amide bonds. The second-order valence-electron chi connectivity index (χ2n) is 4.63. The minimum Gasteiger partial charge on any atom is -0.312 e. The molecule has 0 aliphatic carbocycles. The molecule has 0 unspecified atom stereocenters. The fourth-order valence-corrected chi connectivity index (χ4v) is 2.30. The van der Waals surface area contributed by atoms with E-state index in [0.717, 1.165) is 18.5 Å². The van der Waals surface area contributed by atoms with Gasteiger partial charge in [-0.2, -0.15) is 0 Å². The van der Waals surface area contributed by atoms with Crippen molar-refractivity contribution >= 4 is 11.6 Å². The van der Waals surface area contributed by atoms with Crippen molar-refractivity contribution in [3.8, 4) is 0 Å². The summed E-state index contributed by atoms with van der Waals surface area (Å²) in [5, 5.41) is 3.75. The molecule has 100 valence electrons. The molecular formula is C16H17ClFN. The van der Waals surface area contributed by atoms with Gasteiger partial charge in [0.1, 0.15) is 5.82 Å². The maximum absolute atomic E-state index is 13.1. The summed E-state index contributed by atoms with van der Waals surface area (Å²) < 4.78 is 13.1. The van der Waals surface area contributed by atoms with E-state index < -0.39 is 0 Å². The summed E-state index contributed by atoms with van der Waals surface area (Å²) in [5.41, 5.74) is 3.51. The SMILES string of the molecule is Cc1ccccc1CCNCc1cc(F)cc(Cl)c1. The lowest BCUT2D eigenvalue weighted by atomic mass is 10.1. The summed E-state index contributed by atoms with van der Waals surface area (Å²) in [5.74, 6) is -0.289. The van der Waals surface area contributed by atoms with Gasteiger partial charge in [0.2, 0.25) is 0 Å². The molecule has 1 N–H and O–H groups in total. The first-order valence-electron chi connectivity index (χ1n) is 6.35. The van der Waals surface area contributed by atoms with Crippen molar-refractivity contribution < 1.29 is 4.39 Å². The third-order valence-corrected chi connectivity index (χ3v) is 3.30. The van der Waals surface area contributed by atoms with E-state index in [9.17, 15) is 4.39 Å². The van der Waals surface area contributed by atoms with Gasteiger partial charge in [-0.1, -0.05) is 35.9 Å². The number of rotatable bonds is 5. The van der Waals surface area contributed by atoms with E-state index in [1.807, 2.05) is 6.07 Å². The molecule has 19 heavy (non-hydrogen) atoms. The molecule has 0 saturated heterocycles. The van der Waals surface area contributed by atoms with Crippen LogP contribution >= 0.6 is 11.6 Å². The molecule has 0 aromatic heterocycles. The van der Waals surface area contributed by atoms with Crippen molar-refractivity contribution in [2.45, 2.75) is 19.9 Å². The standard InChI is InChI=1S/C16H17ClFN/c1-12-4-2-3-5-14(12)6-7-19-11-13-8-15(17)10-16(18)9-13/h2-5,8-10,19H,6-7,11H2,1H3. The van der Waals surface area contributed by atoms with Crippen LogP contribution in [-0.2, 0) is 13.0 Å². The van der Waals surface area contributed by atoms with Gasteiger partial charge < -0.3 is 5.32 Å². The monoisotopic (exact) mass is 277 g/mol. The van der Waals surface area contributed by atoms with Crippen LogP contribution in [0.15, 0.2) is 42.5 Å². The van der Waals surface area contributed by atoms with Gasteiger partial charge in [-0.3, -0.25) is 0 Å². The summed E-state index contributed by atoms with van der Waals surface area (Å²) in [6, 6.07) is 12.9. The summed E-state index contributed by atoms with van der Waals surface area (Å²) in [6.45, 7) is 3.60. The topological polar surface area (TPSA) is 12.0 Å². The second kappa shape index (κ2) is 6.69. The Morgan fingerprint density at radius 1 is 1.16 bits per heavy atom. The highest BCUT2D eigenvalue weighted by atomic mass is 35.5. The van der Waals surface area contributed by atoms with Crippen LogP contribution in [0.5, 0.6) is 0 Å². The zero-order valence-electron chi connectivity index (χ0n) is 10.9. The molecule has 2 aromatic rings. The normalized spacial score (nSPS) is 10.7. The molecule has 0 atom stereocenters. The highest BCUT2D eigenvalue weighted by Gasteiger charge is 2.00. The van der Waals surface area contributed by atoms with E-state index in [4.69, 9.17) is 11.6 Å². The van der Waals surface area contributed by atoms with Gasteiger partial charge in [0, 0.05) is 11.6 Å². The molecule has 0 spiro atoms. The molecule has 2 rings (SSSR count). The minimum atomic E-state index is -0.289. The Morgan fingerprint density at radius 3 is 2.68 bits per heavy atom. The van der Waals surface area contributed by atoms with Crippen molar-refractivity contribution in [2.24, 2.45) is 0 Å². The van der Waals surface area contributed by atoms with Crippen LogP contribution in [-0.4, -0.2) is 6.54 Å². The Morgan fingerprint density at radius 2 is 1.95 bits per heavy atom. The van der Waals surface area contributed by atoms with Crippen molar-refractivity contribution in [1.29, 1.82) is 0 Å². The predicted octanol–water partition coefficient (Wildman–Crippen LogP) is 4.12. The van der Waals surface area contributed by atoms with E-state index in [-0.39, 0.29) is 5.82 Å². The zero-order valence-corrected chi connectivity index (χ0v) is 11.7. The highest BCUT2D eigenvalue weighted by Crippen LogP contribution is 2.14. The van der Waals surface area contributed by atoms with E-state index in [0.29, 0.717) is 11.6 Å². The highest BCUT2D eigenvalue weighted by molar-refractivity contribution is 6.30. The average Bonchev–Trinajstić information content (AvgIpc) is 2.35. The first-order chi connectivity index (χ1) is 9.15. The average molecular weight is 278 g/mol. The van der Waals surface area contributed by atoms with Crippen molar-refractivity contribution in [1.82, 2.24) is 5.32 Å². The number of hydrogen-bond donors (Lipinski definition) is 1. The third-order valence-electron chi connectivity index (χ3n) is 3.08. The Balaban J connectivity index is 1.82. The molecule has 0 aliphatic rings. The summed E-state index contributed by atoms with van der Waals surface area (Å²) in [4.78, 5) is 0. The largest absolute Gasteiger partial charge is 0.312 e. The third kappa shape index (κ3) is 4.34. The van der Waals surface area contributed by atoms with Crippen LogP contribution in [0.25, 0.3) is 0 Å². The van der Waals surface area contributed by atoms with E-state index in [1.165, 1.54) is 23.3 Å². The van der Waals surface area contributed by atoms with E-state index in [1.54, 1.807) is 6.07 Å². The fraction of sp³-hybridized carbons (Fsp3) is 0.250. The van der Waals surface area contributed by atoms with Crippen LogP contribution in [0, 0.1) is 12.7 Å². The van der Waals surface area contributed by atoms with Crippen LogP contribution in [0.3, 0.4) is 0 Å². The van der Waals surface area contributed by atoms with Crippen molar-refractivity contribution in [2.75, 3.05) is 6.54 Å². The van der Waals surface area contributed by atoms with Crippen molar-refractivity contribution in [3.63, 3.8) is 0 Å². The smallest absolute Gasteiger partial charge is 0.125 e. The minimum absolute atomic E-state index is 0.289. The molecule has 0 aliphatic heterocycles. The first kappa shape index (κ1) is 14.0. The molecule has 0 saturated carbocycles. The molecule has 0 heterocycles. The van der Waals surface area contributed by atoms with Gasteiger partial charge in [-0.25, -0.2) is 4.39 Å². The van der Waals surface area contributed by atoms with E-state index >= 15 is 0 Å². The summed E-state index contributed by atoms with van der Waals surface area (Å²) >= 11 is 5.81. The second-order valence-corrected chi connectivity index (χ2v) is 5.07. The van der Waals surface area contributed by atoms with Crippen LogP contribution < -0.4 is 5.32 Å². The number of aryl methyl sites for hydroxylation is 1. The first-order valence-corrected chi connectivity index (χ1v) is 6.73. The van der Waals surface area contributed by atoms with Crippen molar-refractivity contribution in [3.05, 3.63) is 70.0 Å². The Kier molecular flexibility index (Phi) is 4.94. The summed E-state index contributed by atoms with van der Waals surface area (Å²) in [6.07, 6.45) is 0.968. The Labute approximate surface area is 118 Å². The number of benzene rings is 2. The maximum atomic E-state index is 13.1. The van der Waals surface area contributed by atoms with E-state index in [2.05, 4.69) is 30.4 Å². The summed E-state index contributed by atoms with van der Waals surface area (Å²) in [7, 11) is 0. The molecule has 0 fully saturated rings. The van der Waals surface area contributed by atoms with Crippen LogP contribution in [0.4, 0.5) is 4.39 Å². The molecule has 0 bridgehead atoms. The molecular weight excluding hydrogens is 261 g/mol. The van der Waals surface area contributed by atoms with Crippen LogP contribution in [0.1, 0.15) is 16.7 Å². The van der Waals surface area contributed by atoms with Gasteiger partial charge in [0.15, 0.2) is 0 Å². The molecule has 3 heteroatoms. The number of halogens is 2. The fourth-order valence-electron chi connectivity index (χ4n) is 2.06. The lowest BCUT2D eigenvalue weighted by Crippen LogP contribution is -2.17. The quantitative estimate of drug-likeness (QED) is 0.811. The lowest BCUT2D eigenvalue weighted by molar-refractivity contribution is 0.620.